The first-order valence-electron chi connectivity index (χ1n) is 12.8. The van der Waals surface area contributed by atoms with Crippen molar-refractivity contribution >= 4 is 22.8 Å². The van der Waals surface area contributed by atoms with E-state index in [4.69, 9.17) is 14.2 Å². The normalized spacial score (nSPS) is 28.6. The Morgan fingerprint density at radius 1 is 1.06 bits per heavy atom. The molecule has 36 heavy (non-hydrogen) atoms. The fourth-order valence-electron chi connectivity index (χ4n) is 6.34. The molecule has 1 aliphatic heterocycles. The third kappa shape index (κ3) is 4.15. The summed E-state index contributed by atoms with van der Waals surface area (Å²) >= 11 is 0. The zero-order valence-electron chi connectivity index (χ0n) is 20.6. The molecule has 1 saturated heterocycles. The van der Waals surface area contributed by atoms with E-state index in [1.807, 2.05) is 19.9 Å². The molecule has 3 aliphatic carbocycles. The quantitative estimate of drug-likeness (QED) is 0.372. The monoisotopic (exact) mass is 503 g/mol. The standard InChI is InChI=1S/C30H31O5S/c1-18-13-23(36(21-9-5-3-6-10-21)22-11-7-4-8-12-22)14-19(2)27(18)33-17-26(31)34-28-20-15-24-25(16-20)30(32)35-29(24)28/h3,5-7,9-14,20,24-25,28-29H,4,8,15-17H2,1-2H3/q+1. The molecule has 6 heteroatoms. The number of aryl methyl sites for hydroxylation is 2. The number of benzene rings is 2. The molecular weight excluding hydrogens is 472 g/mol. The van der Waals surface area contributed by atoms with E-state index in [9.17, 15) is 9.59 Å². The van der Waals surface area contributed by atoms with Gasteiger partial charge in [-0.25, -0.2) is 4.79 Å². The van der Waals surface area contributed by atoms with Crippen LogP contribution in [0.25, 0.3) is 0 Å². The lowest BCUT2D eigenvalue weighted by molar-refractivity contribution is -0.163. The molecule has 6 unspecified atom stereocenters. The van der Waals surface area contributed by atoms with Crippen molar-refractivity contribution in [2.75, 3.05) is 6.61 Å². The minimum atomic E-state index is -0.406. The molecule has 2 bridgehead atoms. The summed E-state index contributed by atoms with van der Waals surface area (Å²) in [7, 11) is -0.202. The Morgan fingerprint density at radius 3 is 2.56 bits per heavy atom. The number of rotatable bonds is 7. The highest BCUT2D eigenvalue weighted by atomic mass is 32.2. The van der Waals surface area contributed by atoms with Crippen LogP contribution in [-0.2, 0) is 30.0 Å². The number of allylic oxidation sites excluding steroid dienone is 3. The topological polar surface area (TPSA) is 61.8 Å². The molecule has 3 fully saturated rings. The Labute approximate surface area is 214 Å². The summed E-state index contributed by atoms with van der Waals surface area (Å²) in [4.78, 5) is 28.5. The van der Waals surface area contributed by atoms with Crippen LogP contribution in [0.4, 0.5) is 0 Å². The van der Waals surface area contributed by atoms with Crippen LogP contribution in [0, 0.1) is 31.6 Å². The third-order valence-electron chi connectivity index (χ3n) is 7.86. The highest BCUT2D eigenvalue weighted by Gasteiger charge is 2.63. The first-order chi connectivity index (χ1) is 17.5. The average Bonchev–Trinajstić information content (AvgIpc) is 3.51. The van der Waals surface area contributed by atoms with Gasteiger partial charge in [0.1, 0.15) is 18.0 Å². The number of ether oxygens (including phenoxy) is 3. The lowest BCUT2D eigenvalue weighted by atomic mass is 9.88. The number of carbonyl (C=O) groups is 2. The minimum Gasteiger partial charge on any atom is -0.481 e. The molecule has 186 valence electrons. The molecule has 0 radical (unpaired) electrons. The van der Waals surface area contributed by atoms with Crippen molar-refractivity contribution < 1.29 is 23.8 Å². The van der Waals surface area contributed by atoms with E-state index in [1.165, 1.54) is 14.7 Å². The maximum atomic E-state index is 12.7. The van der Waals surface area contributed by atoms with Crippen LogP contribution >= 0.6 is 0 Å². The van der Waals surface area contributed by atoms with Crippen molar-refractivity contribution in [3.05, 3.63) is 76.7 Å². The SMILES string of the molecule is Cc1cc([S+](C2=CCCC=C2)c2ccccc2)cc(C)c1OCC(=O)OC1C2CC3C(=O)OC1C3C2. The number of fused-ring (bicyclic) bond motifs is 1. The van der Waals surface area contributed by atoms with Crippen molar-refractivity contribution in [2.24, 2.45) is 17.8 Å². The van der Waals surface area contributed by atoms with Crippen LogP contribution in [-0.4, -0.2) is 30.8 Å². The Kier molecular flexibility index (Phi) is 6.16. The lowest BCUT2D eigenvalue weighted by Crippen LogP contribution is -2.37. The highest BCUT2D eigenvalue weighted by Crippen LogP contribution is 2.55. The fourth-order valence-corrected chi connectivity index (χ4v) is 8.69. The zero-order chi connectivity index (χ0) is 24.8. The van der Waals surface area contributed by atoms with Gasteiger partial charge in [0.2, 0.25) is 0 Å². The maximum absolute atomic E-state index is 12.7. The predicted octanol–water partition coefficient (Wildman–Crippen LogP) is 5.45. The summed E-state index contributed by atoms with van der Waals surface area (Å²) in [6.45, 7) is 3.91. The van der Waals surface area contributed by atoms with Crippen molar-refractivity contribution in [3.63, 3.8) is 0 Å². The molecular formula is C30H31O5S+. The Hall–Kier alpha value is -2.99. The first kappa shape index (κ1) is 23.4. The van der Waals surface area contributed by atoms with Crippen LogP contribution in [0.15, 0.2) is 75.4 Å². The van der Waals surface area contributed by atoms with Crippen LogP contribution < -0.4 is 4.74 Å². The van der Waals surface area contributed by atoms with Gasteiger partial charge in [-0.3, -0.25) is 4.79 Å². The van der Waals surface area contributed by atoms with Gasteiger partial charge in [0.25, 0.3) is 0 Å². The summed E-state index contributed by atoms with van der Waals surface area (Å²) < 4.78 is 17.3. The van der Waals surface area contributed by atoms with Gasteiger partial charge >= 0.3 is 11.9 Å². The van der Waals surface area contributed by atoms with Crippen molar-refractivity contribution in [1.82, 2.24) is 0 Å². The largest absolute Gasteiger partial charge is 0.481 e. The van der Waals surface area contributed by atoms with E-state index in [1.54, 1.807) is 0 Å². The molecule has 2 aromatic carbocycles. The van der Waals surface area contributed by atoms with E-state index in [2.05, 4.69) is 54.6 Å². The average molecular weight is 504 g/mol. The fraction of sp³-hybridized carbons (Fsp3) is 0.400. The van der Waals surface area contributed by atoms with Crippen molar-refractivity contribution in [3.8, 4) is 5.75 Å². The Bertz CT molecular complexity index is 1230. The van der Waals surface area contributed by atoms with Crippen LogP contribution in [0.2, 0.25) is 0 Å². The van der Waals surface area contributed by atoms with E-state index in [0.717, 1.165) is 42.6 Å². The summed E-state index contributed by atoms with van der Waals surface area (Å²) in [5, 5.41) is 0. The molecule has 5 nitrogen and oxygen atoms in total. The van der Waals surface area contributed by atoms with Gasteiger partial charge < -0.3 is 14.2 Å². The van der Waals surface area contributed by atoms with Crippen LogP contribution in [0.3, 0.4) is 0 Å². The van der Waals surface area contributed by atoms with Gasteiger partial charge in [0, 0.05) is 24.0 Å². The number of hydrogen-bond acceptors (Lipinski definition) is 5. The number of carbonyl (C=O) groups excluding carboxylic acids is 2. The molecule has 0 amide bonds. The molecule has 0 N–H and O–H groups in total. The molecule has 4 aliphatic rings. The molecule has 0 spiro atoms. The van der Waals surface area contributed by atoms with Crippen LogP contribution in [0.1, 0.15) is 36.8 Å². The summed E-state index contributed by atoms with van der Waals surface area (Å²) in [6, 6.07) is 15.0. The summed E-state index contributed by atoms with van der Waals surface area (Å²) in [5.74, 6) is 0.642. The van der Waals surface area contributed by atoms with Gasteiger partial charge in [-0.2, -0.15) is 0 Å². The molecule has 2 aromatic rings. The highest BCUT2D eigenvalue weighted by molar-refractivity contribution is 8.00. The smallest absolute Gasteiger partial charge is 0.344 e. The second kappa shape index (κ2) is 9.47. The van der Waals surface area contributed by atoms with E-state index in [0.29, 0.717) is 0 Å². The number of hydrogen-bond donors (Lipinski definition) is 0. The predicted molar refractivity (Wildman–Crippen MR) is 138 cm³/mol. The Morgan fingerprint density at radius 2 is 1.83 bits per heavy atom. The van der Waals surface area contributed by atoms with Gasteiger partial charge in [-0.05, 0) is 74.9 Å². The molecule has 6 rings (SSSR count). The molecule has 2 saturated carbocycles. The van der Waals surface area contributed by atoms with Crippen molar-refractivity contribution in [1.29, 1.82) is 0 Å². The first-order valence-corrected chi connectivity index (χ1v) is 14.0. The van der Waals surface area contributed by atoms with Crippen LogP contribution in [0.5, 0.6) is 5.75 Å². The van der Waals surface area contributed by atoms with Gasteiger partial charge in [-0.15, -0.1) is 0 Å². The van der Waals surface area contributed by atoms with E-state index >= 15 is 0 Å². The van der Waals surface area contributed by atoms with Gasteiger partial charge in [0.15, 0.2) is 21.3 Å². The lowest BCUT2D eigenvalue weighted by Gasteiger charge is -2.25. The number of esters is 2. The van der Waals surface area contributed by atoms with Gasteiger partial charge in [0.05, 0.1) is 16.8 Å². The third-order valence-corrected chi connectivity index (χ3v) is 10.1. The van der Waals surface area contributed by atoms with E-state index in [-0.39, 0.29) is 53.4 Å². The zero-order valence-corrected chi connectivity index (χ0v) is 21.5. The Balaban J connectivity index is 1.17. The van der Waals surface area contributed by atoms with Gasteiger partial charge in [-0.1, -0.05) is 24.3 Å². The molecule has 1 heterocycles. The molecule has 6 atom stereocenters. The summed E-state index contributed by atoms with van der Waals surface area (Å²) in [5.41, 5.74) is 2.00. The summed E-state index contributed by atoms with van der Waals surface area (Å²) in [6.07, 6.45) is 10.1. The van der Waals surface area contributed by atoms with E-state index < -0.39 is 5.97 Å². The van der Waals surface area contributed by atoms with Crippen molar-refractivity contribution in [2.45, 2.75) is 61.5 Å². The molecule has 0 aromatic heterocycles. The second-order valence-electron chi connectivity index (χ2n) is 10.2. The second-order valence-corrected chi connectivity index (χ2v) is 12.3. The minimum absolute atomic E-state index is 0.00954. The maximum Gasteiger partial charge on any atom is 0.344 e.